The van der Waals surface area contributed by atoms with E-state index in [9.17, 15) is 9.59 Å². The highest BCUT2D eigenvalue weighted by Gasteiger charge is 2.29. The summed E-state index contributed by atoms with van der Waals surface area (Å²) in [6, 6.07) is 5.14. The fourth-order valence-electron chi connectivity index (χ4n) is 2.35. The lowest BCUT2D eigenvalue weighted by Crippen LogP contribution is -2.24. The first-order chi connectivity index (χ1) is 10.0. The van der Waals surface area contributed by atoms with E-state index in [4.69, 9.17) is 16.2 Å². The number of rotatable bonds is 2. The van der Waals surface area contributed by atoms with Crippen LogP contribution in [0.15, 0.2) is 30.0 Å². The number of pyridine rings is 1. The Bertz CT molecular complexity index is 825. The van der Waals surface area contributed by atoms with Crippen LogP contribution in [-0.4, -0.2) is 23.2 Å². The summed E-state index contributed by atoms with van der Waals surface area (Å²) in [5, 5.41) is 0.578. The minimum atomic E-state index is -0.480. The van der Waals surface area contributed by atoms with Gasteiger partial charge in [0.25, 0.3) is 0 Å². The molecule has 0 unspecified atom stereocenters. The first kappa shape index (κ1) is 13.1. The van der Waals surface area contributed by atoms with Crippen LogP contribution < -0.4 is 16.2 Å². The van der Waals surface area contributed by atoms with Gasteiger partial charge >= 0.3 is 0 Å². The zero-order chi connectivity index (χ0) is 15.1. The predicted octanol–water partition coefficient (Wildman–Crippen LogP) is 1.44. The van der Waals surface area contributed by atoms with Gasteiger partial charge in [-0.1, -0.05) is 0 Å². The third-order valence-corrected chi connectivity index (χ3v) is 3.32. The summed E-state index contributed by atoms with van der Waals surface area (Å²) in [4.78, 5) is 28.3. The van der Waals surface area contributed by atoms with Crippen molar-refractivity contribution in [3.63, 3.8) is 0 Å². The van der Waals surface area contributed by atoms with Gasteiger partial charge in [-0.15, -0.1) is 0 Å². The number of anilines is 1. The number of hydrogen-bond acceptors (Lipinski definition) is 6. The van der Waals surface area contributed by atoms with Gasteiger partial charge < -0.3 is 16.2 Å². The van der Waals surface area contributed by atoms with E-state index in [1.54, 1.807) is 18.2 Å². The molecule has 21 heavy (non-hydrogen) atoms. The molecular weight excluding hydrogens is 270 g/mol. The molecule has 3 rings (SSSR count). The van der Waals surface area contributed by atoms with Crippen LogP contribution in [-0.2, 0) is 0 Å². The zero-order valence-electron chi connectivity index (χ0n) is 11.3. The second-order valence-electron chi connectivity index (χ2n) is 4.65. The lowest BCUT2D eigenvalue weighted by molar-refractivity contribution is 0.0980. The summed E-state index contributed by atoms with van der Waals surface area (Å²) in [7, 11) is 0. The molecule has 2 aromatic rings. The second kappa shape index (κ2) is 4.59. The van der Waals surface area contributed by atoms with Crippen LogP contribution in [0.2, 0.25) is 0 Å². The maximum Gasteiger partial charge on any atom is 0.227 e. The van der Waals surface area contributed by atoms with E-state index in [2.05, 4.69) is 4.98 Å². The summed E-state index contributed by atoms with van der Waals surface area (Å²) in [5.41, 5.74) is 12.3. The molecule has 0 saturated carbocycles. The average molecular weight is 283 g/mol. The van der Waals surface area contributed by atoms with Crippen LogP contribution in [0, 0.1) is 0 Å². The molecule has 0 bridgehead atoms. The Morgan fingerprint density at radius 3 is 2.71 bits per heavy atom. The van der Waals surface area contributed by atoms with Crippen LogP contribution in [0.4, 0.5) is 5.69 Å². The molecule has 6 heteroatoms. The van der Waals surface area contributed by atoms with E-state index in [1.807, 2.05) is 6.92 Å². The minimum absolute atomic E-state index is 0.00848. The number of fused-ring (bicyclic) bond motifs is 2. The Balaban J connectivity index is 2.31. The Morgan fingerprint density at radius 2 is 2.00 bits per heavy atom. The lowest BCUT2D eigenvalue weighted by Gasteiger charge is -2.16. The third-order valence-electron chi connectivity index (χ3n) is 3.32. The quantitative estimate of drug-likeness (QED) is 0.863. The molecule has 0 spiro atoms. The van der Waals surface area contributed by atoms with Crippen molar-refractivity contribution in [2.75, 3.05) is 12.3 Å². The van der Waals surface area contributed by atoms with Gasteiger partial charge in [-0.2, -0.15) is 0 Å². The first-order valence-electron chi connectivity index (χ1n) is 6.45. The summed E-state index contributed by atoms with van der Waals surface area (Å²) in [5.74, 6) is -0.258. The molecule has 1 aromatic carbocycles. The summed E-state index contributed by atoms with van der Waals surface area (Å²) in [6.45, 7) is 2.38. The number of nitrogens with zero attached hydrogens (tertiary/aromatic N) is 1. The molecular formula is C15H13N3O3. The van der Waals surface area contributed by atoms with E-state index in [0.717, 1.165) is 6.08 Å². The van der Waals surface area contributed by atoms with E-state index in [1.165, 1.54) is 0 Å². The maximum absolute atomic E-state index is 12.1. The van der Waals surface area contributed by atoms with Crippen molar-refractivity contribution in [2.24, 2.45) is 5.73 Å². The topological polar surface area (TPSA) is 108 Å². The van der Waals surface area contributed by atoms with Crippen molar-refractivity contribution in [3.8, 4) is 5.75 Å². The monoisotopic (exact) mass is 283 g/mol. The minimum Gasteiger partial charge on any atom is -0.494 e. The van der Waals surface area contributed by atoms with Gasteiger partial charge in [-0.25, -0.2) is 4.98 Å². The molecule has 0 atom stereocenters. The van der Waals surface area contributed by atoms with Crippen molar-refractivity contribution in [1.82, 2.24) is 4.98 Å². The highest BCUT2D eigenvalue weighted by Crippen LogP contribution is 2.32. The molecule has 0 fully saturated rings. The SMILES string of the molecule is CCOc1ccc2nc3c(c(N)c2c1)C(=O)C=C(N)C3=O. The Morgan fingerprint density at radius 1 is 1.24 bits per heavy atom. The number of ketones is 2. The zero-order valence-corrected chi connectivity index (χ0v) is 11.3. The fourth-order valence-corrected chi connectivity index (χ4v) is 2.35. The van der Waals surface area contributed by atoms with Gasteiger partial charge in [0, 0.05) is 11.5 Å². The number of hydrogen-bond donors (Lipinski definition) is 2. The molecule has 1 aliphatic rings. The molecule has 0 aliphatic heterocycles. The Hall–Kier alpha value is -2.89. The molecule has 1 aliphatic carbocycles. The molecule has 1 aromatic heterocycles. The van der Waals surface area contributed by atoms with Crippen LogP contribution >= 0.6 is 0 Å². The van der Waals surface area contributed by atoms with Gasteiger partial charge in [0.15, 0.2) is 5.78 Å². The van der Waals surface area contributed by atoms with Crippen LogP contribution in [0.3, 0.4) is 0 Å². The van der Waals surface area contributed by atoms with E-state index in [0.29, 0.717) is 23.3 Å². The number of benzene rings is 1. The number of nitrogens with two attached hydrogens (primary N) is 2. The number of carbonyl (C=O) groups is 2. The van der Waals surface area contributed by atoms with Crippen LogP contribution in [0.25, 0.3) is 10.9 Å². The van der Waals surface area contributed by atoms with Gasteiger partial charge in [0.05, 0.1) is 29.1 Å². The third kappa shape index (κ3) is 1.92. The van der Waals surface area contributed by atoms with E-state index < -0.39 is 11.6 Å². The van der Waals surface area contributed by atoms with Gasteiger partial charge in [-0.3, -0.25) is 9.59 Å². The highest BCUT2D eigenvalue weighted by molar-refractivity contribution is 6.27. The summed E-state index contributed by atoms with van der Waals surface area (Å²) in [6.07, 6.45) is 1.08. The number of allylic oxidation sites excluding steroid dienone is 2. The van der Waals surface area contributed by atoms with Gasteiger partial charge in [0.1, 0.15) is 11.4 Å². The van der Waals surface area contributed by atoms with Crippen molar-refractivity contribution in [2.45, 2.75) is 6.92 Å². The molecule has 0 amide bonds. The number of aromatic nitrogens is 1. The summed E-state index contributed by atoms with van der Waals surface area (Å²) < 4.78 is 5.41. The maximum atomic E-state index is 12.1. The fraction of sp³-hybridized carbons (Fsp3) is 0.133. The highest BCUT2D eigenvalue weighted by atomic mass is 16.5. The standard InChI is InChI=1S/C15H13N3O3/c1-2-21-7-3-4-10-8(5-7)13(17)12-11(19)6-9(16)15(20)14(12)18-10/h3-6H,2,16H2,1H3,(H2,17,18). The molecule has 6 nitrogen and oxygen atoms in total. The predicted molar refractivity (Wildman–Crippen MR) is 78.3 cm³/mol. The Kier molecular flexibility index (Phi) is 2.86. The number of nitrogen functional groups attached to an aromatic ring is 1. The van der Waals surface area contributed by atoms with E-state index in [-0.39, 0.29) is 22.6 Å². The van der Waals surface area contributed by atoms with Crippen LogP contribution in [0.1, 0.15) is 27.8 Å². The number of Topliss-reactive ketones (excluding diaryl/α,β-unsaturated/α-hetero) is 1. The van der Waals surface area contributed by atoms with Gasteiger partial charge in [-0.05, 0) is 25.1 Å². The summed E-state index contributed by atoms with van der Waals surface area (Å²) >= 11 is 0. The second-order valence-corrected chi connectivity index (χ2v) is 4.65. The van der Waals surface area contributed by atoms with Crippen molar-refractivity contribution < 1.29 is 14.3 Å². The van der Waals surface area contributed by atoms with Crippen molar-refractivity contribution >= 4 is 28.2 Å². The van der Waals surface area contributed by atoms with Gasteiger partial charge in [0.2, 0.25) is 5.78 Å². The first-order valence-corrected chi connectivity index (χ1v) is 6.45. The van der Waals surface area contributed by atoms with E-state index >= 15 is 0 Å². The molecule has 1 heterocycles. The van der Waals surface area contributed by atoms with Crippen molar-refractivity contribution in [1.29, 1.82) is 0 Å². The average Bonchev–Trinajstić information content (AvgIpc) is 2.45. The van der Waals surface area contributed by atoms with Crippen molar-refractivity contribution in [3.05, 3.63) is 41.2 Å². The number of ether oxygens (including phenoxy) is 1. The normalized spacial score (nSPS) is 14.0. The molecule has 0 saturated heterocycles. The lowest BCUT2D eigenvalue weighted by atomic mass is 9.94. The molecule has 4 N–H and O–H groups in total. The molecule has 0 radical (unpaired) electrons. The Labute approximate surface area is 120 Å². The number of carbonyl (C=O) groups excluding carboxylic acids is 2. The van der Waals surface area contributed by atoms with Crippen LogP contribution in [0.5, 0.6) is 5.75 Å². The largest absolute Gasteiger partial charge is 0.494 e. The molecule has 106 valence electrons. The smallest absolute Gasteiger partial charge is 0.227 e.